The Kier molecular flexibility index (Phi) is 5.51. The number of H-pyrrole nitrogens is 1. The van der Waals surface area contributed by atoms with E-state index < -0.39 is 0 Å². The minimum Gasteiger partial charge on any atom is -0.497 e. The predicted octanol–water partition coefficient (Wildman–Crippen LogP) is 4.11. The fraction of sp³-hybridized carbons (Fsp3) is 0.304. The van der Waals surface area contributed by atoms with Crippen molar-refractivity contribution in [3.05, 3.63) is 65.9 Å². The van der Waals surface area contributed by atoms with E-state index in [-0.39, 0.29) is 5.91 Å². The number of methoxy groups -OCH3 is 2. The van der Waals surface area contributed by atoms with Gasteiger partial charge in [-0.3, -0.25) is 9.89 Å². The predicted molar refractivity (Wildman–Crippen MR) is 111 cm³/mol. The molecule has 0 saturated carbocycles. The molecule has 29 heavy (non-hydrogen) atoms. The first kappa shape index (κ1) is 19.1. The lowest BCUT2D eigenvalue weighted by Crippen LogP contribution is -2.38. The lowest BCUT2D eigenvalue weighted by molar-refractivity contribution is 0.0708. The molecule has 0 radical (unpaired) electrons. The van der Waals surface area contributed by atoms with Crippen LogP contribution >= 0.6 is 0 Å². The molecule has 1 N–H and O–H groups in total. The largest absolute Gasteiger partial charge is 0.497 e. The average molecular weight is 391 g/mol. The van der Waals surface area contributed by atoms with Gasteiger partial charge >= 0.3 is 0 Å². The van der Waals surface area contributed by atoms with Gasteiger partial charge in [0, 0.05) is 30.3 Å². The van der Waals surface area contributed by atoms with Crippen molar-refractivity contribution in [3.8, 4) is 22.8 Å². The summed E-state index contributed by atoms with van der Waals surface area (Å²) in [5.74, 6) is 1.83. The summed E-state index contributed by atoms with van der Waals surface area (Å²) in [7, 11) is 3.26. The van der Waals surface area contributed by atoms with E-state index in [9.17, 15) is 4.79 Å². The zero-order chi connectivity index (χ0) is 20.2. The van der Waals surface area contributed by atoms with Crippen LogP contribution in [0.3, 0.4) is 0 Å². The van der Waals surface area contributed by atoms with Crippen molar-refractivity contribution in [1.82, 2.24) is 15.1 Å². The van der Waals surface area contributed by atoms with Crippen LogP contribution in [0.4, 0.5) is 0 Å². The number of ether oxygens (including phenoxy) is 2. The summed E-state index contributed by atoms with van der Waals surface area (Å²) in [5, 5.41) is 7.67. The van der Waals surface area contributed by atoms with Crippen molar-refractivity contribution in [2.75, 3.05) is 27.3 Å². The summed E-state index contributed by atoms with van der Waals surface area (Å²) in [6.07, 6.45) is 1.81. The van der Waals surface area contributed by atoms with Crippen LogP contribution in [0.25, 0.3) is 11.3 Å². The summed E-state index contributed by atoms with van der Waals surface area (Å²) in [6.45, 7) is 1.43. The Morgan fingerprint density at radius 1 is 1.03 bits per heavy atom. The Morgan fingerprint density at radius 3 is 2.59 bits per heavy atom. The first-order chi connectivity index (χ1) is 14.2. The molecular formula is C23H25N3O3. The van der Waals surface area contributed by atoms with Gasteiger partial charge in [0.25, 0.3) is 5.91 Å². The number of rotatable bonds is 5. The molecule has 0 aliphatic carbocycles. The summed E-state index contributed by atoms with van der Waals surface area (Å²) in [5.41, 5.74) is 3.67. The van der Waals surface area contributed by atoms with E-state index in [1.165, 1.54) is 0 Å². The number of piperidine rings is 1. The van der Waals surface area contributed by atoms with Gasteiger partial charge in [0.1, 0.15) is 11.5 Å². The van der Waals surface area contributed by atoms with Crippen LogP contribution in [0.15, 0.2) is 54.6 Å². The highest BCUT2D eigenvalue weighted by Crippen LogP contribution is 2.31. The Labute approximate surface area is 170 Å². The van der Waals surface area contributed by atoms with Gasteiger partial charge < -0.3 is 14.4 Å². The molecule has 4 rings (SSSR count). The number of hydrogen-bond donors (Lipinski definition) is 1. The molecule has 6 nitrogen and oxygen atoms in total. The standard InChI is InChI=1S/C23H25N3O3/c1-28-18-7-5-6-17(14-18)21-15-20(24-25-21)16-10-12-26(13-11-16)23(27)19-8-3-4-9-22(19)29-2/h3-9,14-16H,10-13H2,1-2H3,(H,24,25). The molecule has 150 valence electrons. The number of nitrogens with one attached hydrogen (secondary N) is 1. The highest BCUT2D eigenvalue weighted by molar-refractivity contribution is 5.97. The van der Waals surface area contributed by atoms with Crippen LogP contribution in [0.5, 0.6) is 11.5 Å². The van der Waals surface area contributed by atoms with Gasteiger partial charge in [0.05, 0.1) is 25.5 Å². The maximum atomic E-state index is 12.9. The highest BCUT2D eigenvalue weighted by Gasteiger charge is 2.27. The second kappa shape index (κ2) is 8.39. The lowest BCUT2D eigenvalue weighted by Gasteiger charge is -2.31. The summed E-state index contributed by atoms with van der Waals surface area (Å²) < 4.78 is 10.6. The number of benzene rings is 2. The van der Waals surface area contributed by atoms with Gasteiger partial charge in [-0.2, -0.15) is 5.10 Å². The zero-order valence-corrected chi connectivity index (χ0v) is 16.7. The number of para-hydroxylation sites is 1. The normalized spacial score (nSPS) is 14.6. The zero-order valence-electron chi connectivity index (χ0n) is 16.7. The molecule has 6 heteroatoms. The maximum absolute atomic E-state index is 12.9. The van der Waals surface area contributed by atoms with E-state index in [1.807, 2.05) is 53.4 Å². The van der Waals surface area contributed by atoms with Crippen LogP contribution in [-0.4, -0.2) is 48.3 Å². The van der Waals surface area contributed by atoms with Crippen LogP contribution in [0.2, 0.25) is 0 Å². The van der Waals surface area contributed by atoms with Crippen LogP contribution < -0.4 is 9.47 Å². The smallest absolute Gasteiger partial charge is 0.257 e. The third-order valence-corrected chi connectivity index (χ3v) is 5.52. The summed E-state index contributed by atoms with van der Waals surface area (Å²) >= 11 is 0. The van der Waals surface area contributed by atoms with E-state index in [4.69, 9.17) is 9.47 Å². The van der Waals surface area contributed by atoms with E-state index in [2.05, 4.69) is 16.3 Å². The fourth-order valence-corrected chi connectivity index (χ4v) is 3.86. The van der Waals surface area contributed by atoms with Crippen molar-refractivity contribution < 1.29 is 14.3 Å². The molecule has 2 aromatic carbocycles. The minimum atomic E-state index is 0.0302. The number of hydrogen-bond acceptors (Lipinski definition) is 4. The Bertz CT molecular complexity index is 990. The third kappa shape index (κ3) is 3.97. The highest BCUT2D eigenvalue weighted by atomic mass is 16.5. The number of carbonyl (C=O) groups is 1. The Balaban J connectivity index is 1.42. The number of nitrogens with zero attached hydrogens (tertiary/aromatic N) is 2. The molecule has 3 aromatic rings. The number of aromatic nitrogens is 2. The van der Waals surface area contributed by atoms with Gasteiger partial charge in [0.2, 0.25) is 0 Å². The van der Waals surface area contributed by atoms with E-state index in [0.717, 1.165) is 48.6 Å². The van der Waals surface area contributed by atoms with Crippen molar-refractivity contribution in [3.63, 3.8) is 0 Å². The molecule has 0 spiro atoms. The number of amides is 1. The lowest BCUT2D eigenvalue weighted by atomic mass is 9.92. The van der Waals surface area contributed by atoms with E-state index in [0.29, 0.717) is 17.2 Å². The molecule has 0 bridgehead atoms. The maximum Gasteiger partial charge on any atom is 0.257 e. The second-order valence-electron chi connectivity index (χ2n) is 7.21. The molecule has 1 saturated heterocycles. The molecule has 1 aromatic heterocycles. The Morgan fingerprint density at radius 2 is 1.83 bits per heavy atom. The van der Waals surface area contributed by atoms with Gasteiger partial charge in [-0.15, -0.1) is 0 Å². The minimum absolute atomic E-state index is 0.0302. The molecule has 1 amide bonds. The topological polar surface area (TPSA) is 67.4 Å². The van der Waals surface area contributed by atoms with Crippen molar-refractivity contribution in [2.45, 2.75) is 18.8 Å². The molecule has 1 aliphatic heterocycles. The first-order valence-corrected chi connectivity index (χ1v) is 9.81. The SMILES string of the molecule is COc1cccc(-c2cc(C3CCN(C(=O)c4ccccc4OC)CC3)[nH]n2)c1. The quantitative estimate of drug-likeness (QED) is 0.711. The molecule has 0 atom stereocenters. The van der Waals surface area contributed by atoms with Crippen LogP contribution in [-0.2, 0) is 0 Å². The third-order valence-electron chi connectivity index (χ3n) is 5.52. The first-order valence-electron chi connectivity index (χ1n) is 9.81. The monoisotopic (exact) mass is 391 g/mol. The van der Waals surface area contributed by atoms with Crippen LogP contribution in [0, 0.1) is 0 Å². The number of aromatic amines is 1. The van der Waals surface area contributed by atoms with Gasteiger partial charge in [-0.25, -0.2) is 0 Å². The molecular weight excluding hydrogens is 366 g/mol. The van der Waals surface area contributed by atoms with Crippen molar-refractivity contribution in [1.29, 1.82) is 0 Å². The number of carbonyl (C=O) groups excluding carboxylic acids is 1. The second-order valence-corrected chi connectivity index (χ2v) is 7.21. The Hall–Kier alpha value is -3.28. The fourth-order valence-electron chi connectivity index (χ4n) is 3.86. The average Bonchev–Trinajstić information content (AvgIpc) is 3.29. The summed E-state index contributed by atoms with van der Waals surface area (Å²) in [4.78, 5) is 14.8. The molecule has 1 fully saturated rings. The van der Waals surface area contributed by atoms with Gasteiger partial charge in [-0.05, 0) is 43.2 Å². The van der Waals surface area contributed by atoms with Gasteiger partial charge in [0.15, 0.2) is 0 Å². The van der Waals surface area contributed by atoms with E-state index >= 15 is 0 Å². The summed E-state index contributed by atoms with van der Waals surface area (Å²) in [6, 6.07) is 17.4. The van der Waals surface area contributed by atoms with Crippen LogP contribution in [0.1, 0.15) is 34.8 Å². The molecule has 0 unspecified atom stereocenters. The number of likely N-dealkylation sites (tertiary alicyclic amines) is 1. The van der Waals surface area contributed by atoms with Crippen molar-refractivity contribution >= 4 is 5.91 Å². The van der Waals surface area contributed by atoms with Crippen molar-refractivity contribution in [2.24, 2.45) is 0 Å². The molecule has 2 heterocycles. The van der Waals surface area contributed by atoms with Gasteiger partial charge in [-0.1, -0.05) is 24.3 Å². The van der Waals surface area contributed by atoms with E-state index in [1.54, 1.807) is 14.2 Å². The molecule has 1 aliphatic rings.